The van der Waals surface area contributed by atoms with Crippen molar-refractivity contribution in [2.24, 2.45) is 5.41 Å². The smallest absolute Gasteiger partial charge is 0.550 e. The first-order valence-electron chi connectivity index (χ1n) is 8.66. The maximum Gasteiger partial charge on any atom is 1.00 e. The van der Waals surface area contributed by atoms with E-state index >= 15 is 0 Å². The van der Waals surface area contributed by atoms with E-state index in [0.717, 1.165) is 0 Å². The van der Waals surface area contributed by atoms with Gasteiger partial charge < -0.3 is 24.7 Å². The van der Waals surface area contributed by atoms with Crippen molar-refractivity contribution >= 4 is 29.6 Å². The molecule has 1 amide bonds. The zero-order chi connectivity index (χ0) is 20.6. The standard InChI is InChI=1S/C19H26ClNO6.Na/c1-5-16(26-17(24)19(2,3)4)27-18(25)21-14(10-11-15(22)23)12-6-8-13(20)9-7-12;/h6-9,14,16H,5,10-11H2,1-4H3,(H,21,25)(H,22,23);/q;+1/p-1. The first-order valence-corrected chi connectivity index (χ1v) is 9.04. The van der Waals surface area contributed by atoms with E-state index in [2.05, 4.69) is 5.32 Å². The van der Waals surface area contributed by atoms with Crippen molar-refractivity contribution in [1.29, 1.82) is 0 Å². The van der Waals surface area contributed by atoms with Gasteiger partial charge in [0.05, 0.1) is 11.5 Å². The zero-order valence-electron chi connectivity index (χ0n) is 16.9. The monoisotopic (exact) mass is 421 g/mol. The number of hydrogen-bond donors (Lipinski definition) is 1. The van der Waals surface area contributed by atoms with Crippen molar-refractivity contribution in [2.75, 3.05) is 0 Å². The number of carboxylic acids is 1. The Kier molecular flexibility index (Phi) is 11.8. The van der Waals surface area contributed by atoms with E-state index in [4.69, 9.17) is 21.1 Å². The van der Waals surface area contributed by atoms with Crippen LogP contribution in [0.4, 0.5) is 4.79 Å². The molecular weight excluding hydrogens is 397 g/mol. The molecule has 0 radical (unpaired) electrons. The Morgan fingerprint density at radius 2 is 1.71 bits per heavy atom. The fourth-order valence-electron chi connectivity index (χ4n) is 2.06. The molecule has 0 aliphatic carbocycles. The number of amides is 1. The number of nitrogens with one attached hydrogen (secondary N) is 1. The molecule has 1 rings (SSSR count). The third kappa shape index (κ3) is 9.78. The molecular formula is C19H25ClNNaO6. The average molecular weight is 422 g/mol. The Balaban J connectivity index is 0.00000729. The fourth-order valence-corrected chi connectivity index (χ4v) is 2.19. The van der Waals surface area contributed by atoms with Gasteiger partial charge in [-0.3, -0.25) is 4.79 Å². The predicted molar refractivity (Wildman–Crippen MR) is 97.7 cm³/mol. The second-order valence-electron chi connectivity index (χ2n) is 7.06. The molecule has 0 aliphatic heterocycles. The SMILES string of the molecule is CCC(OC(=O)NC(CCC(=O)[O-])c1ccc(Cl)cc1)OC(=O)C(C)(C)C.[Na+]. The molecule has 9 heteroatoms. The van der Waals surface area contributed by atoms with Crippen LogP contribution in [-0.2, 0) is 19.1 Å². The second kappa shape index (κ2) is 12.3. The number of halogens is 1. The summed E-state index contributed by atoms with van der Waals surface area (Å²) in [5, 5.41) is 13.9. The number of aliphatic carboxylic acids is 1. The minimum atomic E-state index is -1.23. The van der Waals surface area contributed by atoms with E-state index in [1.165, 1.54) is 0 Å². The number of carbonyl (C=O) groups excluding carboxylic acids is 3. The van der Waals surface area contributed by atoms with Crippen LogP contribution in [0.25, 0.3) is 0 Å². The topological polar surface area (TPSA) is 105 Å². The molecule has 1 N–H and O–H groups in total. The molecule has 0 aromatic heterocycles. The van der Waals surface area contributed by atoms with Gasteiger partial charge in [0.1, 0.15) is 0 Å². The summed E-state index contributed by atoms with van der Waals surface area (Å²) < 4.78 is 10.4. The molecule has 0 fully saturated rings. The van der Waals surface area contributed by atoms with Crippen LogP contribution < -0.4 is 40.0 Å². The van der Waals surface area contributed by atoms with E-state index in [1.54, 1.807) is 52.0 Å². The number of carboxylic acid groups (broad SMARTS) is 1. The summed E-state index contributed by atoms with van der Waals surface area (Å²) >= 11 is 5.86. The third-order valence-corrected chi connectivity index (χ3v) is 3.88. The third-order valence-electron chi connectivity index (χ3n) is 3.62. The Bertz CT molecular complexity index is 659. The molecule has 28 heavy (non-hydrogen) atoms. The molecule has 7 nitrogen and oxygen atoms in total. The number of alkyl carbamates (subject to hydrolysis) is 1. The Labute approximate surface area is 192 Å². The van der Waals surface area contributed by atoms with E-state index in [0.29, 0.717) is 10.6 Å². The van der Waals surface area contributed by atoms with Crippen molar-refractivity contribution in [3.8, 4) is 0 Å². The van der Waals surface area contributed by atoms with Crippen LogP contribution in [0.15, 0.2) is 24.3 Å². The number of hydrogen-bond acceptors (Lipinski definition) is 6. The minimum absolute atomic E-state index is 0. The molecule has 0 heterocycles. The summed E-state index contributed by atoms with van der Waals surface area (Å²) in [4.78, 5) is 35.0. The molecule has 2 atom stereocenters. The number of esters is 1. The van der Waals surface area contributed by atoms with Gasteiger partial charge in [0.15, 0.2) is 0 Å². The summed E-state index contributed by atoms with van der Waals surface area (Å²) in [6.45, 7) is 6.79. The van der Waals surface area contributed by atoms with Gasteiger partial charge in [0.2, 0.25) is 6.29 Å². The van der Waals surface area contributed by atoms with Crippen LogP contribution in [0.5, 0.6) is 0 Å². The normalized spacial score (nSPS) is 12.9. The summed E-state index contributed by atoms with van der Waals surface area (Å²) in [5.41, 5.74) is -0.0644. The molecule has 0 spiro atoms. The first kappa shape index (κ1) is 26.7. The van der Waals surface area contributed by atoms with E-state index in [-0.39, 0.29) is 48.8 Å². The van der Waals surface area contributed by atoms with E-state index in [1.807, 2.05) is 0 Å². The largest absolute Gasteiger partial charge is 1.00 e. The summed E-state index contributed by atoms with van der Waals surface area (Å²) in [6.07, 6.45) is -1.72. The molecule has 150 valence electrons. The zero-order valence-corrected chi connectivity index (χ0v) is 19.7. The van der Waals surface area contributed by atoms with Crippen molar-refractivity contribution in [2.45, 2.75) is 59.3 Å². The van der Waals surface area contributed by atoms with Gasteiger partial charge in [-0.25, -0.2) is 4.79 Å². The van der Waals surface area contributed by atoms with Crippen LogP contribution in [-0.4, -0.2) is 24.3 Å². The molecule has 0 bridgehead atoms. The molecule has 1 aromatic rings. The minimum Gasteiger partial charge on any atom is -0.550 e. The Hall–Kier alpha value is -1.28. The van der Waals surface area contributed by atoms with Gasteiger partial charge in [-0.15, -0.1) is 0 Å². The predicted octanol–water partition coefficient (Wildman–Crippen LogP) is -0.0332. The van der Waals surface area contributed by atoms with Crippen molar-refractivity contribution in [3.63, 3.8) is 0 Å². The molecule has 1 aromatic carbocycles. The van der Waals surface area contributed by atoms with E-state index in [9.17, 15) is 19.5 Å². The average Bonchev–Trinajstić information content (AvgIpc) is 2.57. The number of rotatable bonds is 8. The molecule has 0 saturated carbocycles. The molecule has 0 saturated heterocycles. The summed E-state index contributed by atoms with van der Waals surface area (Å²) in [6, 6.07) is 6.01. The molecule has 0 aliphatic rings. The Morgan fingerprint density at radius 1 is 1.14 bits per heavy atom. The van der Waals surface area contributed by atoms with Gasteiger partial charge in [-0.1, -0.05) is 30.7 Å². The maximum absolute atomic E-state index is 12.2. The van der Waals surface area contributed by atoms with Crippen molar-refractivity contribution in [1.82, 2.24) is 5.32 Å². The quantitative estimate of drug-likeness (QED) is 0.359. The van der Waals surface area contributed by atoms with Gasteiger partial charge in [-0.2, -0.15) is 0 Å². The van der Waals surface area contributed by atoms with Crippen LogP contribution in [0.2, 0.25) is 5.02 Å². The van der Waals surface area contributed by atoms with Crippen molar-refractivity contribution < 1.29 is 58.5 Å². The van der Waals surface area contributed by atoms with Gasteiger partial charge in [0, 0.05) is 17.4 Å². The fraction of sp³-hybridized carbons (Fsp3) is 0.526. The van der Waals surface area contributed by atoms with Gasteiger partial charge in [0.25, 0.3) is 0 Å². The second-order valence-corrected chi connectivity index (χ2v) is 7.49. The van der Waals surface area contributed by atoms with Crippen LogP contribution in [0.3, 0.4) is 0 Å². The van der Waals surface area contributed by atoms with E-state index < -0.39 is 35.8 Å². The van der Waals surface area contributed by atoms with Gasteiger partial charge in [-0.05, 0) is 51.3 Å². The van der Waals surface area contributed by atoms with Crippen molar-refractivity contribution in [3.05, 3.63) is 34.9 Å². The summed E-state index contributed by atoms with van der Waals surface area (Å²) in [5.74, 6) is -1.72. The first-order chi connectivity index (χ1) is 12.5. The number of benzene rings is 1. The maximum atomic E-state index is 12.2. The number of ether oxygens (including phenoxy) is 2. The van der Waals surface area contributed by atoms with Crippen LogP contribution in [0, 0.1) is 5.41 Å². The van der Waals surface area contributed by atoms with Crippen LogP contribution in [0.1, 0.15) is 58.6 Å². The Morgan fingerprint density at radius 3 is 2.18 bits per heavy atom. The van der Waals surface area contributed by atoms with Crippen LogP contribution >= 0.6 is 11.6 Å². The van der Waals surface area contributed by atoms with Gasteiger partial charge >= 0.3 is 41.6 Å². The number of carbonyl (C=O) groups is 3. The summed E-state index contributed by atoms with van der Waals surface area (Å²) in [7, 11) is 0. The molecule has 2 unspecified atom stereocenters.